The normalized spacial score (nSPS) is 33.6. The van der Waals surface area contributed by atoms with Crippen molar-refractivity contribution in [2.24, 2.45) is 22.4 Å². The van der Waals surface area contributed by atoms with Crippen molar-refractivity contribution in [3.8, 4) is 0 Å². The molecule has 5 heteroatoms. The van der Waals surface area contributed by atoms with Gasteiger partial charge in [-0.2, -0.15) is 0 Å². The molecule has 0 saturated carbocycles. The summed E-state index contributed by atoms with van der Waals surface area (Å²) in [6, 6.07) is 0. The number of ether oxygens (including phenoxy) is 1. The average molecular weight is 196 g/mol. The third-order valence-electron chi connectivity index (χ3n) is 2.77. The van der Waals surface area contributed by atoms with E-state index in [1.807, 2.05) is 6.08 Å². The molecular formula is C9H16N4O. The van der Waals surface area contributed by atoms with Crippen molar-refractivity contribution in [1.82, 2.24) is 5.32 Å². The number of hydrogen-bond donors (Lipinski definition) is 3. The third kappa shape index (κ3) is 1.73. The van der Waals surface area contributed by atoms with Crippen LogP contribution in [0.25, 0.3) is 0 Å². The second kappa shape index (κ2) is 3.59. The molecule has 1 unspecified atom stereocenters. The highest BCUT2D eigenvalue weighted by Crippen LogP contribution is 2.28. The molecule has 2 aliphatic heterocycles. The largest absolute Gasteiger partial charge is 0.381 e. The van der Waals surface area contributed by atoms with E-state index < -0.39 is 5.66 Å². The molecule has 0 radical (unpaired) electrons. The van der Waals surface area contributed by atoms with Crippen LogP contribution in [0.4, 0.5) is 0 Å². The number of rotatable bonds is 1. The van der Waals surface area contributed by atoms with E-state index in [1.54, 1.807) is 6.20 Å². The van der Waals surface area contributed by atoms with Gasteiger partial charge in [-0.1, -0.05) is 0 Å². The van der Waals surface area contributed by atoms with Gasteiger partial charge < -0.3 is 21.5 Å². The summed E-state index contributed by atoms with van der Waals surface area (Å²) in [6.07, 6.45) is 5.52. The van der Waals surface area contributed by atoms with E-state index in [2.05, 4.69) is 10.3 Å². The molecule has 0 amide bonds. The van der Waals surface area contributed by atoms with Crippen molar-refractivity contribution in [2.75, 3.05) is 13.2 Å². The minimum atomic E-state index is -0.640. The van der Waals surface area contributed by atoms with Gasteiger partial charge in [-0.15, -0.1) is 0 Å². The van der Waals surface area contributed by atoms with Crippen molar-refractivity contribution in [3.05, 3.63) is 12.3 Å². The highest BCUT2D eigenvalue weighted by atomic mass is 16.5. The Morgan fingerprint density at radius 1 is 1.50 bits per heavy atom. The number of guanidine groups is 1. The lowest BCUT2D eigenvalue weighted by Crippen LogP contribution is -2.51. The van der Waals surface area contributed by atoms with Gasteiger partial charge >= 0.3 is 0 Å². The summed E-state index contributed by atoms with van der Waals surface area (Å²) in [6.45, 7) is 1.53. The molecule has 0 aromatic rings. The second-order valence-corrected chi connectivity index (χ2v) is 3.75. The Bertz CT molecular complexity index is 270. The number of nitrogens with one attached hydrogen (secondary N) is 1. The van der Waals surface area contributed by atoms with Crippen molar-refractivity contribution in [3.63, 3.8) is 0 Å². The van der Waals surface area contributed by atoms with Crippen LogP contribution in [-0.2, 0) is 4.74 Å². The maximum absolute atomic E-state index is 6.17. The van der Waals surface area contributed by atoms with Crippen LogP contribution in [0.3, 0.4) is 0 Å². The Morgan fingerprint density at radius 3 is 2.86 bits per heavy atom. The van der Waals surface area contributed by atoms with Gasteiger partial charge in [0.2, 0.25) is 0 Å². The van der Waals surface area contributed by atoms with E-state index in [0.717, 1.165) is 26.1 Å². The van der Waals surface area contributed by atoms with E-state index in [9.17, 15) is 0 Å². The van der Waals surface area contributed by atoms with Gasteiger partial charge in [-0.3, -0.25) is 0 Å². The lowest BCUT2D eigenvalue weighted by atomic mass is 9.86. The summed E-state index contributed by atoms with van der Waals surface area (Å²) in [5, 5.41) is 2.81. The predicted molar refractivity (Wildman–Crippen MR) is 54.4 cm³/mol. The molecule has 2 aliphatic rings. The first-order valence-corrected chi connectivity index (χ1v) is 4.87. The van der Waals surface area contributed by atoms with Crippen molar-refractivity contribution in [2.45, 2.75) is 18.5 Å². The molecule has 1 saturated heterocycles. The molecule has 0 spiro atoms. The van der Waals surface area contributed by atoms with Crippen LogP contribution >= 0.6 is 0 Å². The van der Waals surface area contributed by atoms with Crippen LogP contribution in [0.15, 0.2) is 17.3 Å². The van der Waals surface area contributed by atoms with Crippen LogP contribution in [-0.4, -0.2) is 24.8 Å². The second-order valence-electron chi connectivity index (χ2n) is 3.75. The number of nitrogens with two attached hydrogens (primary N) is 2. The molecule has 5 N–H and O–H groups in total. The Morgan fingerprint density at radius 2 is 2.21 bits per heavy atom. The quantitative estimate of drug-likeness (QED) is 0.527. The van der Waals surface area contributed by atoms with Crippen molar-refractivity contribution < 1.29 is 4.74 Å². The zero-order valence-electron chi connectivity index (χ0n) is 8.07. The minimum Gasteiger partial charge on any atom is -0.381 e. The summed E-state index contributed by atoms with van der Waals surface area (Å²) >= 11 is 0. The Labute approximate surface area is 83.2 Å². The Balaban J connectivity index is 2.13. The van der Waals surface area contributed by atoms with Crippen molar-refractivity contribution >= 4 is 5.96 Å². The molecular weight excluding hydrogens is 180 g/mol. The molecule has 2 rings (SSSR count). The lowest BCUT2D eigenvalue weighted by molar-refractivity contribution is 0.0484. The van der Waals surface area contributed by atoms with E-state index in [1.165, 1.54) is 0 Å². The summed E-state index contributed by atoms with van der Waals surface area (Å²) < 4.78 is 5.29. The highest BCUT2D eigenvalue weighted by molar-refractivity contribution is 5.80. The molecule has 2 heterocycles. The maximum Gasteiger partial charge on any atom is 0.194 e. The fraction of sp³-hybridized carbons (Fsp3) is 0.667. The molecule has 1 fully saturated rings. The number of nitrogens with zero attached hydrogens (tertiary/aromatic N) is 1. The van der Waals surface area contributed by atoms with Gasteiger partial charge in [-0.05, 0) is 18.9 Å². The zero-order valence-corrected chi connectivity index (χ0v) is 8.07. The van der Waals surface area contributed by atoms with Gasteiger partial charge in [0, 0.05) is 25.3 Å². The third-order valence-corrected chi connectivity index (χ3v) is 2.77. The molecule has 14 heavy (non-hydrogen) atoms. The molecule has 0 aromatic heterocycles. The van der Waals surface area contributed by atoms with Crippen LogP contribution < -0.4 is 16.8 Å². The monoisotopic (exact) mass is 196 g/mol. The van der Waals surface area contributed by atoms with Gasteiger partial charge in [0.25, 0.3) is 0 Å². The summed E-state index contributed by atoms with van der Waals surface area (Å²) in [7, 11) is 0. The molecule has 78 valence electrons. The zero-order chi connectivity index (χ0) is 10.0. The van der Waals surface area contributed by atoms with Gasteiger partial charge in [0.05, 0.1) is 0 Å². The maximum atomic E-state index is 6.17. The van der Waals surface area contributed by atoms with E-state index >= 15 is 0 Å². The lowest BCUT2D eigenvalue weighted by Gasteiger charge is -2.35. The highest BCUT2D eigenvalue weighted by Gasteiger charge is 2.34. The van der Waals surface area contributed by atoms with Crippen LogP contribution in [0, 0.1) is 5.92 Å². The van der Waals surface area contributed by atoms with Crippen LogP contribution in [0.5, 0.6) is 0 Å². The first kappa shape index (κ1) is 9.48. The Kier molecular flexibility index (Phi) is 2.43. The average Bonchev–Trinajstić information content (AvgIpc) is 2.19. The van der Waals surface area contributed by atoms with Gasteiger partial charge in [-0.25, -0.2) is 4.99 Å². The van der Waals surface area contributed by atoms with E-state index in [4.69, 9.17) is 16.2 Å². The predicted octanol–water partition coefficient (Wildman–Crippen LogP) is -0.500. The van der Waals surface area contributed by atoms with Crippen LogP contribution in [0.1, 0.15) is 12.8 Å². The number of hydrogen-bond acceptors (Lipinski definition) is 5. The first-order chi connectivity index (χ1) is 6.71. The van der Waals surface area contributed by atoms with E-state index in [0.29, 0.717) is 11.9 Å². The Hall–Kier alpha value is -1.07. The van der Waals surface area contributed by atoms with E-state index in [-0.39, 0.29) is 0 Å². The molecule has 0 aliphatic carbocycles. The van der Waals surface area contributed by atoms with Gasteiger partial charge in [0.1, 0.15) is 5.66 Å². The summed E-state index contributed by atoms with van der Waals surface area (Å²) in [5.74, 6) is 0.717. The van der Waals surface area contributed by atoms with Crippen LogP contribution in [0.2, 0.25) is 0 Å². The minimum absolute atomic E-state index is 0.327. The molecule has 5 nitrogen and oxygen atoms in total. The fourth-order valence-corrected chi connectivity index (χ4v) is 1.93. The number of aliphatic imine (C=N–C) groups is 1. The summed E-state index contributed by atoms with van der Waals surface area (Å²) in [4.78, 5) is 4.26. The van der Waals surface area contributed by atoms with Gasteiger partial charge in [0.15, 0.2) is 5.96 Å². The smallest absolute Gasteiger partial charge is 0.194 e. The molecule has 0 aromatic carbocycles. The standard InChI is InChI=1S/C9H16N4O/c10-8-12-4-3-9(11,13-8)7-1-5-14-6-2-7/h3-4,7H,1-2,5-6,11H2,(H3,10,12,13). The van der Waals surface area contributed by atoms with Crippen molar-refractivity contribution in [1.29, 1.82) is 0 Å². The molecule has 0 bridgehead atoms. The molecule has 1 atom stereocenters. The summed E-state index contributed by atoms with van der Waals surface area (Å²) in [5.41, 5.74) is 11.1. The first-order valence-electron chi connectivity index (χ1n) is 4.87. The SMILES string of the molecule is NC1=NC(N)(C2CCOCC2)C=CN1. The topological polar surface area (TPSA) is 85.7 Å². The fourth-order valence-electron chi connectivity index (χ4n) is 1.93.